The van der Waals surface area contributed by atoms with E-state index >= 15 is 0 Å². The summed E-state index contributed by atoms with van der Waals surface area (Å²) in [4.78, 5) is 44.2. The van der Waals surface area contributed by atoms with Crippen LogP contribution in [0.3, 0.4) is 0 Å². The number of nitriles is 1. The first-order chi connectivity index (χ1) is 19.2. The van der Waals surface area contributed by atoms with E-state index in [1.165, 1.54) is 6.92 Å². The van der Waals surface area contributed by atoms with Gasteiger partial charge in [0.15, 0.2) is 5.58 Å². The highest BCUT2D eigenvalue weighted by Gasteiger charge is 2.39. The number of likely N-dealkylation sites (tertiary alicyclic amines) is 1. The molecule has 4 aromatic rings. The molecule has 2 unspecified atom stereocenters. The molecule has 1 aromatic heterocycles. The molecule has 0 aliphatic carbocycles. The third kappa shape index (κ3) is 5.49. The normalized spacial score (nSPS) is 16.5. The van der Waals surface area contributed by atoms with E-state index in [1.807, 2.05) is 18.2 Å². The highest BCUT2D eigenvalue weighted by atomic mass is 16.4. The molecule has 2 N–H and O–H groups in total. The van der Waals surface area contributed by atoms with E-state index in [4.69, 9.17) is 9.68 Å². The highest BCUT2D eigenvalue weighted by Crippen LogP contribution is 2.34. The van der Waals surface area contributed by atoms with Gasteiger partial charge in [-0.2, -0.15) is 10.2 Å². The van der Waals surface area contributed by atoms with E-state index in [2.05, 4.69) is 16.4 Å². The molecule has 2 amide bonds. The van der Waals surface area contributed by atoms with E-state index in [9.17, 15) is 19.5 Å². The maximum Gasteiger partial charge on any atom is 0.308 e. The van der Waals surface area contributed by atoms with Gasteiger partial charge in [-0.25, -0.2) is 0 Å². The number of rotatable bonds is 7. The minimum atomic E-state index is -0.926. The van der Waals surface area contributed by atoms with E-state index in [0.717, 1.165) is 11.1 Å². The first kappa shape index (κ1) is 26.4. The van der Waals surface area contributed by atoms with Gasteiger partial charge in [0.25, 0.3) is 6.01 Å². The molecule has 1 aliphatic rings. The quantitative estimate of drug-likeness (QED) is 0.356. The molecule has 0 saturated carbocycles. The third-order valence-electron chi connectivity index (χ3n) is 7.22. The number of fused-ring (bicyclic) bond motifs is 1. The van der Waals surface area contributed by atoms with Gasteiger partial charge < -0.3 is 24.6 Å². The monoisotopic (exact) mass is 537 g/mol. The number of hydrogen-bond acceptors (Lipinski definition) is 7. The first-order valence-corrected chi connectivity index (χ1v) is 12.7. The number of amides is 2. The molecule has 2 atom stereocenters. The van der Waals surface area contributed by atoms with Crippen molar-refractivity contribution in [2.24, 2.45) is 5.92 Å². The molecule has 10 nitrogen and oxygen atoms in total. The van der Waals surface area contributed by atoms with Crippen LogP contribution >= 0.6 is 0 Å². The summed E-state index contributed by atoms with van der Waals surface area (Å²) in [6, 6.07) is 22.0. The summed E-state index contributed by atoms with van der Waals surface area (Å²) in [5.41, 5.74) is 4.61. The number of hydrogen-bond donors (Lipinski definition) is 2. The van der Waals surface area contributed by atoms with Crippen LogP contribution in [0.25, 0.3) is 11.1 Å². The van der Waals surface area contributed by atoms with Crippen LogP contribution in [0.2, 0.25) is 0 Å². The van der Waals surface area contributed by atoms with E-state index in [-0.39, 0.29) is 36.7 Å². The van der Waals surface area contributed by atoms with Gasteiger partial charge in [-0.1, -0.05) is 24.3 Å². The van der Waals surface area contributed by atoms with Gasteiger partial charge in [0.05, 0.1) is 24.0 Å². The number of likely N-dealkylation sites (N-methyl/N-ethyl adjacent to an activating group) is 1. The Labute approximate surface area is 230 Å². The minimum Gasteiger partial charge on any atom is -0.481 e. The molecule has 5 rings (SSSR count). The summed E-state index contributed by atoms with van der Waals surface area (Å²) < 4.78 is 5.83. The van der Waals surface area contributed by atoms with E-state index in [0.29, 0.717) is 34.6 Å². The standard InChI is InChI=1S/C30H27N5O5/c1-18(36)35-16-24(25(17-35)29(38)39)21-7-9-23(10-8-21)34(2)28(37)14-19-6-11-26-27(13-19)40-30(33-26)32-22-5-3-4-20(12-22)15-31/h3-13,24-25H,14,16-17H2,1-2H3,(H,32,33)(H,38,39). The first-order valence-electron chi connectivity index (χ1n) is 12.7. The smallest absolute Gasteiger partial charge is 0.308 e. The second-order valence-electron chi connectivity index (χ2n) is 9.83. The van der Waals surface area contributed by atoms with Crippen molar-refractivity contribution in [2.75, 3.05) is 30.4 Å². The van der Waals surface area contributed by atoms with Gasteiger partial charge in [0, 0.05) is 44.4 Å². The number of aromatic nitrogens is 1. The van der Waals surface area contributed by atoms with Crippen molar-refractivity contribution in [2.45, 2.75) is 19.3 Å². The van der Waals surface area contributed by atoms with Crippen molar-refractivity contribution >= 4 is 46.3 Å². The average Bonchev–Trinajstić information content (AvgIpc) is 3.57. The lowest BCUT2D eigenvalue weighted by Gasteiger charge is -2.20. The lowest BCUT2D eigenvalue weighted by molar-refractivity contribution is -0.141. The second kappa shape index (κ2) is 10.9. The Morgan fingerprint density at radius 1 is 1.12 bits per heavy atom. The predicted octanol–water partition coefficient (Wildman–Crippen LogP) is 4.30. The average molecular weight is 538 g/mol. The fourth-order valence-corrected chi connectivity index (χ4v) is 4.95. The number of benzene rings is 3. The Morgan fingerprint density at radius 3 is 2.60 bits per heavy atom. The highest BCUT2D eigenvalue weighted by molar-refractivity contribution is 5.94. The molecule has 0 bridgehead atoms. The Morgan fingerprint density at radius 2 is 1.90 bits per heavy atom. The number of carboxylic acids is 1. The van der Waals surface area contributed by atoms with Crippen molar-refractivity contribution < 1.29 is 23.9 Å². The number of nitrogens with zero attached hydrogens (tertiary/aromatic N) is 4. The maximum atomic E-state index is 13.1. The third-order valence-corrected chi connectivity index (χ3v) is 7.22. The maximum absolute atomic E-state index is 13.1. The summed E-state index contributed by atoms with van der Waals surface area (Å²) in [5, 5.41) is 21.8. The van der Waals surface area contributed by atoms with Crippen LogP contribution in [0.1, 0.15) is 29.5 Å². The summed E-state index contributed by atoms with van der Waals surface area (Å²) in [6.07, 6.45) is 0.138. The SMILES string of the molecule is CC(=O)N1CC(C(=O)O)C(c2ccc(N(C)C(=O)Cc3ccc4nc(Nc5cccc(C#N)c5)oc4c3)cc2)C1. The van der Waals surface area contributed by atoms with Crippen molar-refractivity contribution in [3.63, 3.8) is 0 Å². The summed E-state index contributed by atoms with van der Waals surface area (Å²) >= 11 is 0. The van der Waals surface area contributed by atoms with Crippen LogP contribution in [0, 0.1) is 17.2 Å². The number of carbonyl (C=O) groups is 3. The number of oxazole rings is 1. The van der Waals surface area contributed by atoms with Gasteiger partial charge in [0.1, 0.15) is 5.52 Å². The van der Waals surface area contributed by atoms with Gasteiger partial charge in [0.2, 0.25) is 11.8 Å². The van der Waals surface area contributed by atoms with Crippen LogP contribution in [-0.4, -0.2) is 52.9 Å². The lowest BCUT2D eigenvalue weighted by Crippen LogP contribution is -2.28. The summed E-state index contributed by atoms with van der Waals surface area (Å²) in [7, 11) is 1.69. The Bertz CT molecular complexity index is 1640. The number of aliphatic carboxylic acids is 1. The van der Waals surface area contributed by atoms with E-state index in [1.54, 1.807) is 65.4 Å². The number of nitrogens with one attached hydrogen (secondary N) is 1. The molecule has 1 aliphatic heterocycles. The summed E-state index contributed by atoms with van der Waals surface area (Å²) in [5.74, 6) is -2.18. The molecule has 1 saturated heterocycles. The van der Waals surface area contributed by atoms with Crippen LogP contribution in [-0.2, 0) is 20.8 Å². The molecule has 0 spiro atoms. The zero-order valence-electron chi connectivity index (χ0n) is 22.0. The molecular formula is C30H27N5O5. The fraction of sp³-hybridized carbons (Fsp3) is 0.233. The van der Waals surface area contributed by atoms with Crippen LogP contribution in [0.15, 0.2) is 71.1 Å². The number of anilines is 3. The topological polar surface area (TPSA) is 140 Å². The molecule has 1 fully saturated rings. The van der Waals surface area contributed by atoms with Gasteiger partial charge in [-0.15, -0.1) is 0 Å². The van der Waals surface area contributed by atoms with Crippen molar-refractivity contribution in [3.8, 4) is 6.07 Å². The van der Waals surface area contributed by atoms with Crippen molar-refractivity contribution in [3.05, 3.63) is 83.4 Å². The number of carbonyl (C=O) groups excluding carboxylic acids is 2. The minimum absolute atomic E-state index is 0.134. The lowest BCUT2D eigenvalue weighted by atomic mass is 9.89. The molecule has 0 radical (unpaired) electrons. The predicted molar refractivity (Wildman–Crippen MR) is 148 cm³/mol. The molecule has 10 heteroatoms. The fourth-order valence-electron chi connectivity index (χ4n) is 4.95. The Hall–Kier alpha value is -5.17. The Kier molecular flexibility index (Phi) is 7.21. The van der Waals surface area contributed by atoms with Crippen molar-refractivity contribution in [1.29, 1.82) is 5.26 Å². The number of carboxylic acid groups (broad SMARTS) is 1. The van der Waals surface area contributed by atoms with Gasteiger partial charge in [-0.05, 0) is 53.6 Å². The molecule has 202 valence electrons. The van der Waals surface area contributed by atoms with Crippen LogP contribution in [0.5, 0.6) is 0 Å². The van der Waals surface area contributed by atoms with Crippen LogP contribution < -0.4 is 10.2 Å². The van der Waals surface area contributed by atoms with E-state index < -0.39 is 11.9 Å². The van der Waals surface area contributed by atoms with Crippen LogP contribution in [0.4, 0.5) is 17.4 Å². The molecule has 40 heavy (non-hydrogen) atoms. The molecule has 3 aromatic carbocycles. The summed E-state index contributed by atoms with van der Waals surface area (Å²) in [6.45, 7) is 1.99. The zero-order chi connectivity index (χ0) is 28.4. The van der Waals surface area contributed by atoms with Gasteiger partial charge in [-0.3, -0.25) is 14.4 Å². The largest absolute Gasteiger partial charge is 0.481 e. The van der Waals surface area contributed by atoms with Crippen molar-refractivity contribution in [1.82, 2.24) is 9.88 Å². The van der Waals surface area contributed by atoms with Gasteiger partial charge >= 0.3 is 5.97 Å². The zero-order valence-corrected chi connectivity index (χ0v) is 22.0. The molecular weight excluding hydrogens is 510 g/mol. The molecule has 2 heterocycles. The Balaban J connectivity index is 1.25. The second-order valence-corrected chi connectivity index (χ2v) is 9.83.